The van der Waals surface area contributed by atoms with Crippen molar-refractivity contribution >= 4 is 34.1 Å². The second kappa shape index (κ2) is 5.54. The van der Waals surface area contributed by atoms with E-state index < -0.39 is 0 Å². The first kappa shape index (κ1) is 13.6. The zero-order valence-electron chi connectivity index (χ0n) is 11.6. The maximum Gasteiger partial charge on any atom is 0.160 e. The first-order valence-corrected chi connectivity index (χ1v) is 8.06. The van der Waals surface area contributed by atoms with E-state index in [1.807, 2.05) is 13.1 Å². The fraction of sp³-hybridized carbons (Fsp3) is 0.333. The quantitative estimate of drug-likeness (QED) is 0.684. The molecule has 0 unspecified atom stereocenters. The number of nitrogens with zero attached hydrogens (tertiary/aromatic N) is 3. The molecule has 0 aliphatic carbocycles. The monoisotopic (exact) mass is 305 g/mol. The number of halogens is 1. The van der Waals surface area contributed by atoms with Crippen LogP contribution in [0.5, 0.6) is 0 Å². The van der Waals surface area contributed by atoms with Gasteiger partial charge in [-0.05, 0) is 47.4 Å². The highest BCUT2D eigenvalue weighted by Crippen LogP contribution is 2.21. The van der Waals surface area contributed by atoms with Gasteiger partial charge in [-0.3, -0.25) is 0 Å². The molecule has 0 bridgehead atoms. The summed E-state index contributed by atoms with van der Waals surface area (Å²) in [6.07, 6.45) is 2.66. The van der Waals surface area contributed by atoms with E-state index in [9.17, 15) is 0 Å². The molecule has 3 nitrogen and oxygen atoms in total. The third-order valence-electron chi connectivity index (χ3n) is 3.41. The first-order valence-electron chi connectivity index (χ1n) is 6.58. The van der Waals surface area contributed by atoms with Crippen molar-refractivity contribution in [3.8, 4) is 0 Å². The largest absolute Gasteiger partial charge is 0.308 e. The van der Waals surface area contributed by atoms with Crippen LogP contribution in [-0.2, 0) is 13.0 Å². The van der Waals surface area contributed by atoms with Gasteiger partial charge in [-0.25, -0.2) is 9.97 Å². The van der Waals surface area contributed by atoms with Gasteiger partial charge in [0.2, 0.25) is 0 Å². The van der Waals surface area contributed by atoms with Gasteiger partial charge in [-0.2, -0.15) is 11.3 Å². The summed E-state index contributed by atoms with van der Waals surface area (Å²) < 4.78 is 2.19. The number of alkyl halides is 1. The Morgan fingerprint density at radius 3 is 2.85 bits per heavy atom. The van der Waals surface area contributed by atoms with Gasteiger partial charge >= 0.3 is 0 Å². The van der Waals surface area contributed by atoms with Gasteiger partial charge in [0.1, 0.15) is 11.3 Å². The summed E-state index contributed by atoms with van der Waals surface area (Å²) in [7, 11) is 0. The molecule has 0 aliphatic rings. The van der Waals surface area contributed by atoms with Crippen molar-refractivity contribution in [2.24, 2.45) is 0 Å². The van der Waals surface area contributed by atoms with Crippen LogP contribution in [0.2, 0.25) is 0 Å². The van der Waals surface area contributed by atoms with Crippen molar-refractivity contribution in [1.82, 2.24) is 14.5 Å². The summed E-state index contributed by atoms with van der Waals surface area (Å²) in [5, 5.41) is 4.37. The summed E-state index contributed by atoms with van der Waals surface area (Å²) >= 11 is 7.64. The summed E-state index contributed by atoms with van der Waals surface area (Å²) in [5.74, 6) is 1.59. The van der Waals surface area contributed by atoms with Gasteiger partial charge in [0.15, 0.2) is 5.65 Å². The van der Waals surface area contributed by atoms with Crippen LogP contribution >= 0.6 is 22.9 Å². The molecule has 104 valence electrons. The van der Waals surface area contributed by atoms with Gasteiger partial charge in [-0.15, -0.1) is 11.6 Å². The molecule has 0 aromatic carbocycles. The minimum absolute atomic E-state index is 0.574. The molecular formula is C15H16ClN3S. The number of fused-ring (bicyclic) bond motifs is 1. The van der Waals surface area contributed by atoms with Gasteiger partial charge in [0.25, 0.3) is 0 Å². The van der Waals surface area contributed by atoms with Crippen molar-refractivity contribution in [2.75, 3.05) is 5.88 Å². The highest BCUT2D eigenvalue weighted by atomic mass is 35.5. The molecule has 0 saturated heterocycles. The van der Waals surface area contributed by atoms with Crippen molar-refractivity contribution < 1.29 is 0 Å². The molecule has 3 heterocycles. The Morgan fingerprint density at radius 2 is 2.15 bits per heavy atom. The van der Waals surface area contributed by atoms with E-state index in [0.717, 1.165) is 35.5 Å². The number of hydrogen-bond donors (Lipinski definition) is 0. The van der Waals surface area contributed by atoms with E-state index in [0.29, 0.717) is 5.88 Å². The van der Waals surface area contributed by atoms with Gasteiger partial charge < -0.3 is 4.57 Å². The number of thiophene rings is 1. The lowest BCUT2D eigenvalue weighted by atomic mass is 10.2. The van der Waals surface area contributed by atoms with Gasteiger partial charge in [0, 0.05) is 18.5 Å². The van der Waals surface area contributed by atoms with Crippen LogP contribution in [0.4, 0.5) is 0 Å². The van der Waals surface area contributed by atoms with Crippen LogP contribution in [0.3, 0.4) is 0 Å². The topological polar surface area (TPSA) is 30.7 Å². The second-order valence-corrected chi connectivity index (χ2v) is 6.11. The Hall–Kier alpha value is -1.39. The predicted octanol–water partition coefficient (Wildman–Crippen LogP) is 3.94. The maximum absolute atomic E-state index is 5.91. The third kappa shape index (κ3) is 2.45. The number of rotatable bonds is 4. The molecule has 0 amide bonds. The van der Waals surface area contributed by atoms with E-state index in [2.05, 4.69) is 33.3 Å². The van der Waals surface area contributed by atoms with Crippen LogP contribution in [0, 0.1) is 13.8 Å². The van der Waals surface area contributed by atoms with E-state index in [1.54, 1.807) is 11.3 Å². The fourth-order valence-electron chi connectivity index (χ4n) is 2.32. The first-order chi connectivity index (χ1) is 9.69. The van der Waals surface area contributed by atoms with Gasteiger partial charge in [0.05, 0.1) is 6.54 Å². The van der Waals surface area contributed by atoms with Crippen LogP contribution in [0.25, 0.3) is 11.2 Å². The summed E-state index contributed by atoms with van der Waals surface area (Å²) in [6.45, 7) is 4.99. The van der Waals surface area contributed by atoms with E-state index in [4.69, 9.17) is 16.6 Å². The Bertz CT molecular complexity index is 745. The summed E-state index contributed by atoms with van der Waals surface area (Å²) in [5.41, 5.74) is 5.68. The van der Waals surface area contributed by atoms with Crippen LogP contribution in [0.15, 0.2) is 23.0 Å². The molecule has 0 saturated carbocycles. The average Bonchev–Trinajstić information content (AvgIpc) is 2.96. The van der Waals surface area contributed by atoms with Crippen LogP contribution < -0.4 is 0 Å². The minimum atomic E-state index is 0.574. The number of aromatic nitrogens is 3. The van der Waals surface area contributed by atoms with Crippen molar-refractivity contribution in [3.63, 3.8) is 0 Å². The molecular weight excluding hydrogens is 290 g/mol. The number of pyridine rings is 1. The molecule has 5 heteroatoms. The molecule has 0 spiro atoms. The standard InChI is InChI=1S/C15H16ClN3S/c1-10-5-13-15(17-6-10)19(14(18-13)3-4-16)7-12-9-20-8-11(12)2/h5-6,8-9H,3-4,7H2,1-2H3. The number of imidazole rings is 1. The Balaban J connectivity index is 2.11. The molecule has 0 aliphatic heterocycles. The van der Waals surface area contributed by atoms with E-state index in [1.165, 1.54) is 11.1 Å². The molecule has 20 heavy (non-hydrogen) atoms. The van der Waals surface area contributed by atoms with Gasteiger partial charge in [-0.1, -0.05) is 0 Å². The number of aryl methyl sites for hydroxylation is 3. The molecule has 3 aromatic rings. The van der Waals surface area contributed by atoms with Crippen molar-refractivity contribution in [3.05, 3.63) is 45.5 Å². The predicted molar refractivity (Wildman–Crippen MR) is 84.8 cm³/mol. The molecule has 0 atom stereocenters. The lowest BCUT2D eigenvalue weighted by Crippen LogP contribution is -2.06. The van der Waals surface area contributed by atoms with Crippen molar-refractivity contribution in [2.45, 2.75) is 26.8 Å². The lowest BCUT2D eigenvalue weighted by molar-refractivity contribution is 0.746. The lowest BCUT2D eigenvalue weighted by Gasteiger charge is -2.07. The molecule has 3 aromatic heterocycles. The minimum Gasteiger partial charge on any atom is -0.308 e. The zero-order chi connectivity index (χ0) is 14.1. The Kier molecular flexibility index (Phi) is 3.76. The normalized spacial score (nSPS) is 11.3. The van der Waals surface area contributed by atoms with E-state index >= 15 is 0 Å². The van der Waals surface area contributed by atoms with Crippen molar-refractivity contribution in [1.29, 1.82) is 0 Å². The summed E-state index contributed by atoms with van der Waals surface area (Å²) in [6, 6.07) is 2.08. The molecule has 3 rings (SSSR count). The van der Waals surface area contributed by atoms with E-state index in [-0.39, 0.29) is 0 Å². The molecule has 0 radical (unpaired) electrons. The third-order valence-corrected chi connectivity index (χ3v) is 4.51. The zero-order valence-corrected chi connectivity index (χ0v) is 13.1. The highest BCUT2D eigenvalue weighted by molar-refractivity contribution is 7.08. The fourth-order valence-corrected chi connectivity index (χ4v) is 3.34. The summed E-state index contributed by atoms with van der Waals surface area (Å²) in [4.78, 5) is 9.25. The average molecular weight is 306 g/mol. The second-order valence-electron chi connectivity index (χ2n) is 4.99. The van der Waals surface area contributed by atoms with Crippen LogP contribution in [-0.4, -0.2) is 20.4 Å². The molecule has 0 N–H and O–H groups in total. The Morgan fingerprint density at radius 1 is 1.30 bits per heavy atom. The maximum atomic E-state index is 5.91. The smallest absolute Gasteiger partial charge is 0.160 e. The highest BCUT2D eigenvalue weighted by Gasteiger charge is 2.13. The Labute approximate surface area is 127 Å². The number of hydrogen-bond acceptors (Lipinski definition) is 3. The van der Waals surface area contributed by atoms with Crippen LogP contribution in [0.1, 0.15) is 22.5 Å². The molecule has 0 fully saturated rings. The SMILES string of the molecule is Cc1cnc2c(c1)nc(CCCl)n2Cc1cscc1C.